The number of aromatic nitrogens is 4. The van der Waals surface area contributed by atoms with Gasteiger partial charge in [0.2, 0.25) is 0 Å². The number of ether oxygens (including phenoxy) is 1. The molecule has 0 saturated heterocycles. The van der Waals surface area contributed by atoms with Crippen molar-refractivity contribution >= 4 is 5.97 Å². The van der Waals surface area contributed by atoms with Crippen molar-refractivity contribution in [2.24, 2.45) is 5.92 Å². The van der Waals surface area contributed by atoms with Gasteiger partial charge in [-0.3, -0.25) is 4.98 Å². The van der Waals surface area contributed by atoms with Crippen LogP contribution >= 0.6 is 0 Å². The number of carbonyl (C=O) groups excluding carboxylic acids is 1. The molecule has 0 bridgehead atoms. The summed E-state index contributed by atoms with van der Waals surface area (Å²) in [5, 5.41) is 8.15. The lowest BCUT2D eigenvalue weighted by Crippen LogP contribution is -2.12. The molecule has 21 heavy (non-hydrogen) atoms. The molecule has 0 spiro atoms. The molecular formula is C15H20N4O2. The van der Waals surface area contributed by atoms with Crippen LogP contribution in [0.3, 0.4) is 0 Å². The second-order valence-corrected chi connectivity index (χ2v) is 4.88. The Morgan fingerprint density at radius 3 is 2.52 bits per heavy atom. The highest BCUT2D eigenvalue weighted by Crippen LogP contribution is 2.24. The van der Waals surface area contributed by atoms with Crippen molar-refractivity contribution in [3.05, 3.63) is 30.2 Å². The Balaban J connectivity index is 2.46. The van der Waals surface area contributed by atoms with E-state index in [2.05, 4.69) is 29.1 Å². The van der Waals surface area contributed by atoms with Gasteiger partial charge in [-0.25, -0.2) is 9.48 Å². The Kier molecular flexibility index (Phi) is 5.03. The van der Waals surface area contributed by atoms with Crippen LogP contribution in [0.4, 0.5) is 0 Å². The molecule has 0 radical (unpaired) electrons. The minimum absolute atomic E-state index is 0.245. The van der Waals surface area contributed by atoms with Crippen LogP contribution < -0.4 is 0 Å². The summed E-state index contributed by atoms with van der Waals surface area (Å²) in [5.41, 5.74) is 1.80. The minimum atomic E-state index is -0.474. The van der Waals surface area contributed by atoms with Crippen LogP contribution in [0.25, 0.3) is 11.3 Å². The molecule has 0 aliphatic heterocycles. The first-order chi connectivity index (χ1) is 10.2. The molecule has 6 heteroatoms. The van der Waals surface area contributed by atoms with Gasteiger partial charge in [-0.15, -0.1) is 5.10 Å². The molecule has 6 nitrogen and oxygen atoms in total. The van der Waals surface area contributed by atoms with E-state index >= 15 is 0 Å². The van der Waals surface area contributed by atoms with E-state index in [-0.39, 0.29) is 5.69 Å². The standard InChI is InChI=1S/C15H20N4O2/c1-4-11(5-2)10-19-14(12-6-8-16-9-7-12)13(17-18-19)15(20)21-3/h6-9,11H,4-5,10H2,1-3H3. The molecule has 0 atom stereocenters. The van der Waals surface area contributed by atoms with Crippen molar-refractivity contribution < 1.29 is 9.53 Å². The zero-order chi connectivity index (χ0) is 15.2. The summed E-state index contributed by atoms with van der Waals surface area (Å²) in [5.74, 6) is 0.0235. The van der Waals surface area contributed by atoms with Crippen LogP contribution in [0.2, 0.25) is 0 Å². The second-order valence-electron chi connectivity index (χ2n) is 4.88. The van der Waals surface area contributed by atoms with Crippen molar-refractivity contribution in [3.63, 3.8) is 0 Å². The van der Waals surface area contributed by atoms with E-state index in [1.807, 2.05) is 12.1 Å². The molecule has 2 aromatic heterocycles. The lowest BCUT2D eigenvalue weighted by molar-refractivity contribution is 0.0595. The number of esters is 1. The highest BCUT2D eigenvalue weighted by molar-refractivity contribution is 5.93. The predicted octanol–water partition coefficient (Wildman–Crippen LogP) is 2.56. The number of nitrogens with zero attached hydrogens (tertiary/aromatic N) is 4. The van der Waals surface area contributed by atoms with E-state index in [1.165, 1.54) is 7.11 Å². The van der Waals surface area contributed by atoms with E-state index in [4.69, 9.17) is 4.74 Å². The lowest BCUT2D eigenvalue weighted by Gasteiger charge is -2.14. The van der Waals surface area contributed by atoms with Gasteiger partial charge in [0.1, 0.15) is 5.69 Å². The second kappa shape index (κ2) is 6.97. The SMILES string of the molecule is CCC(CC)Cn1nnc(C(=O)OC)c1-c1ccncc1. The summed E-state index contributed by atoms with van der Waals surface area (Å²) < 4.78 is 6.59. The van der Waals surface area contributed by atoms with E-state index in [1.54, 1.807) is 17.1 Å². The van der Waals surface area contributed by atoms with Crippen molar-refractivity contribution in [1.29, 1.82) is 0 Å². The molecule has 112 valence electrons. The van der Waals surface area contributed by atoms with Crippen molar-refractivity contribution in [1.82, 2.24) is 20.0 Å². The van der Waals surface area contributed by atoms with Crippen molar-refractivity contribution in [2.75, 3.05) is 7.11 Å². The molecule has 2 heterocycles. The largest absolute Gasteiger partial charge is 0.464 e. The molecule has 0 aliphatic rings. The van der Waals surface area contributed by atoms with Gasteiger partial charge >= 0.3 is 5.97 Å². The number of hydrogen-bond acceptors (Lipinski definition) is 5. The summed E-state index contributed by atoms with van der Waals surface area (Å²) in [7, 11) is 1.35. The van der Waals surface area contributed by atoms with E-state index in [9.17, 15) is 4.79 Å². The summed E-state index contributed by atoms with van der Waals surface area (Å²) in [6.07, 6.45) is 5.48. The van der Waals surface area contributed by atoms with Crippen LogP contribution in [0.5, 0.6) is 0 Å². The predicted molar refractivity (Wildman–Crippen MR) is 78.7 cm³/mol. The first-order valence-electron chi connectivity index (χ1n) is 7.13. The Morgan fingerprint density at radius 2 is 1.95 bits per heavy atom. The normalized spacial score (nSPS) is 10.9. The number of hydrogen-bond donors (Lipinski definition) is 0. The summed E-state index contributed by atoms with van der Waals surface area (Å²) in [6, 6.07) is 3.68. The minimum Gasteiger partial charge on any atom is -0.464 e. The third-order valence-corrected chi connectivity index (χ3v) is 3.65. The maximum absolute atomic E-state index is 11.9. The average molecular weight is 288 g/mol. The van der Waals surface area contributed by atoms with Gasteiger partial charge in [0.15, 0.2) is 5.69 Å². The fraction of sp³-hybridized carbons (Fsp3) is 0.467. The first kappa shape index (κ1) is 15.2. The van der Waals surface area contributed by atoms with Crippen molar-refractivity contribution in [3.8, 4) is 11.3 Å². The number of rotatable bonds is 6. The molecule has 0 amide bonds. The zero-order valence-electron chi connectivity index (χ0n) is 12.6. The summed E-state index contributed by atoms with van der Waals surface area (Å²) in [6.45, 7) is 5.03. The maximum atomic E-state index is 11.9. The van der Waals surface area contributed by atoms with E-state index in [0.29, 0.717) is 11.6 Å². The third kappa shape index (κ3) is 3.26. The van der Waals surface area contributed by atoms with Crippen LogP contribution in [0, 0.1) is 5.92 Å². The van der Waals surface area contributed by atoms with Gasteiger partial charge in [0.25, 0.3) is 0 Å². The molecule has 0 fully saturated rings. The van der Waals surface area contributed by atoms with Gasteiger partial charge in [0, 0.05) is 24.5 Å². The zero-order valence-corrected chi connectivity index (χ0v) is 12.6. The average Bonchev–Trinajstić information content (AvgIpc) is 2.96. The van der Waals surface area contributed by atoms with Gasteiger partial charge in [-0.05, 0) is 18.1 Å². The van der Waals surface area contributed by atoms with E-state index in [0.717, 1.165) is 24.9 Å². The van der Waals surface area contributed by atoms with Crippen molar-refractivity contribution in [2.45, 2.75) is 33.2 Å². The van der Waals surface area contributed by atoms with Crippen LogP contribution in [0.15, 0.2) is 24.5 Å². The molecule has 0 unspecified atom stereocenters. The highest BCUT2D eigenvalue weighted by atomic mass is 16.5. The highest BCUT2D eigenvalue weighted by Gasteiger charge is 2.22. The Labute approximate surface area is 124 Å². The first-order valence-corrected chi connectivity index (χ1v) is 7.13. The third-order valence-electron chi connectivity index (χ3n) is 3.65. The quantitative estimate of drug-likeness (QED) is 0.764. The number of carbonyl (C=O) groups is 1. The van der Waals surface area contributed by atoms with Gasteiger partial charge in [-0.2, -0.15) is 0 Å². The Bertz CT molecular complexity index is 591. The number of methoxy groups -OCH3 is 1. The van der Waals surface area contributed by atoms with Crippen LogP contribution in [-0.4, -0.2) is 33.1 Å². The van der Waals surface area contributed by atoms with Crippen LogP contribution in [0.1, 0.15) is 37.2 Å². The lowest BCUT2D eigenvalue weighted by atomic mass is 10.0. The summed E-state index contributed by atoms with van der Waals surface area (Å²) in [4.78, 5) is 15.9. The van der Waals surface area contributed by atoms with Gasteiger partial charge in [-0.1, -0.05) is 31.9 Å². The molecule has 0 aliphatic carbocycles. The Hall–Kier alpha value is -2.24. The maximum Gasteiger partial charge on any atom is 0.360 e. The van der Waals surface area contributed by atoms with Gasteiger partial charge in [0.05, 0.1) is 7.11 Å². The molecular weight excluding hydrogens is 268 g/mol. The smallest absolute Gasteiger partial charge is 0.360 e. The fourth-order valence-electron chi connectivity index (χ4n) is 2.26. The molecule has 2 rings (SSSR count). The van der Waals surface area contributed by atoms with Crippen LogP contribution in [-0.2, 0) is 11.3 Å². The monoisotopic (exact) mass is 288 g/mol. The fourth-order valence-corrected chi connectivity index (χ4v) is 2.26. The molecule has 0 aromatic carbocycles. The summed E-state index contributed by atoms with van der Waals surface area (Å²) >= 11 is 0. The molecule has 0 N–H and O–H groups in total. The molecule has 0 saturated carbocycles. The Morgan fingerprint density at radius 1 is 1.29 bits per heavy atom. The van der Waals surface area contributed by atoms with E-state index < -0.39 is 5.97 Å². The molecule has 2 aromatic rings. The van der Waals surface area contributed by atoms with Gasteiger partial charge < -0.3 is 4.74 Å². The number of pyridine rings is 1. The topological polar surface area (TPSA) is 69.9 Å².